The van der Waals surface area contributed by atoms with Crippen LogP contribution < -0.4 is 5.69 Å². The first-order valence-corrected chi connectivity index (χ1v) is 8.64. The highest BCUT2D eigenvalue weighted by Gasteiger charge is 2.47. The van der Waals surface area contributed by atoms with Crippen LogP contribution in [0.2, 0.25) is 0 Å². The van der Waals surface area contributed by atoms with Crippen molar-refractivity contribution in [1.82, 2.24) is 19.1 Å². The molecule has 2 fully saturated rings. The molecule has 1 saturated heterocycles. The zero-order valence-corrected chi connectivity index (χ0v) is 13.7. The number of amides is 1. The van der Waals surface area contributed by atoms with Crippen molar-refractivity contribution in [2.45, 2.75) is 50.7 Å². The van der Waals surface area contributed by atoms with Crippen molar-refractivity contribution in [2.24, 2.45) is 5.92 Å². The van der Waals surface area contributed by atoms with E-state index in [-0.39, 0.29) is 24.4 Å². The Balaban J connectivity index is 1.63. The number of carbonyl (C=O) groups excluding carboxylic acids is 1. The lowest BCUT2D eigenvalue weighted by atomic mass is 9.85. The average Bonchev–Trinajstić information content (AvgIpc) is 3.14. The van der Waals surface area contributed by atoms with Gasteiger partial charge in [0.25, 0.3) is 0 Å². The number of carboxylic acids is 1. The Labute approximate surface area is 143 Å². The molecule has 1 saturated carbocycles. The molecule has 132 valence electrons. The van der Waals surface area contributed by atoms with Crippen LogP contribution in [0.1, 0.15) is 32.1 Å². The van der Waals surface area contributed by atoms with Gasteiger partial charge in [0.05, 0.1) is 0 Å². The fraction of sp³-hybridized carbons (Fsp3) is 0.529. The van der Waals surface area contributed by atoms with Gasteiger partial charge in [-0.15, -0.1) is 5.10 Å². The minimum absolute atomic E-state index is 0.0323. The number of nitrogens with zero attached hydrogens (tertiary/aromatic N) is 4. The van der Waals surface area contributed by atoms with Gasteiger partial charge in [-0.2, -0.15) is 0 Å². The van der Waals surface area contributed by atoms with Crippen molar-refractivity contribution >= 4 is 17.5 Å². The van der Waals surface area contributed by atoms with Crippen LogP contribution in [-0.4, -0.2) is 48.1 Å². The molecule has 2 aliphatic rings. The zero-order valence-electron chi connectivity index (χ0n) is 13.7. The molecule has 0 bridgehead atoms. The third-order valence-electron chi connectivity index (χ3n) is 5.43. The molecule has 25 heavy (non-hydrogen) atoms. The van der Waals surface area contributed by atoms with E-state index >= 15 is 0 Å². The van der Waals surface area contributed by atoms with Gasteiger partial charge >= 0.3 is 11.7 Å². The predicted octanol–water partition coefficient (Wildman–Crippen LogP) is 0.740. The molecule has 3 heterocycles. The number of rotatable bonds is 3. The molecule has 2 aromatic heterocycles. The summed E-state index contributed by atoms with van der Waals surface area (Å²) in [5, 5.41) is 13.7. The highest BCUT2D eigenvalue weighted by molar-refractivity contribution is 5.84. The van der Waals surface area contributed by atoms with Crippen LogP contribution in [0.5, 0.6) is 0 Å². The second-order valence-electron chi connectivity index (χ2n) is 6.87. The third-order valence-corrected chi connectivity index (χ3v) is 5.43. The molecule has 4 rings (SSSR count). The van der Waals surface area contributed by atoms with Gasteiger partial charge in [-0.1, -0.05) is 18.9 Å². The summed E-state index contributed by atoms with van der Waals surface area (Å²) < 4.78 is 2.49. The van der Waals surface area contributed by atoms with Gasteiger partial charge in [0.1, 0.15) is 12.6 Å². The minimum atomic E-state index is -0.968. The standard InChI is InChI=1S/C17H20N4O4/c22-15(10-20-17(25)19-8-4-3-7-14(19)18-20)21-12-6-2-1-5-11(12)9-13(21)16(23)24/h3-4,7-8,11-13H,1-2,5-6,9-10H2,(H,23,24). The summed E-state index contributed by atoms with van der Waals surface area (Å²) in [5.74, 6) is -1.06. The maximum absolute atomic E-state index is 12.9. The summed E-state index contributed by atoms with van der Waals surface area (Å²) >= 11 is 0. The second kappa shape index (κ2) is 6.02. The smallest absolute Gasteiger partial charge is 0.350 e. The predicted molar refractivity (Wildman–Crippen MR) is 88.1 cm³/mol. The number of aromatic nitrogens is 3. The van der Waals surface area contributed by atoms with Crippen molar-refractivity contribution in [3.63, 3.8) is 0 Å². The Morgan fingerprint density at radius 1 is 1.24 bits per heavy atom. The first-order chi connectivity index (χ1) is 12.1. The van der Waals surface area contributed by atoms with Crippen molar-refractivity contribution in [3.05, 3.63) is 34.9 Å². The minimum Gasteiger partial charge on any atom is -0.480 e. The van der Waals surface area contributed by atoms with Crippen molar-refractivity contribution in [3.8, 4) is 0 Å². The fourth-order valence-corrected chi connectivity index (χ4v) is 4.32. The normalized spacial score (nSPS) is 25.9. The average molecular weight is 344 g/mol. The summed E-state index contributed by atoms with van der Waals surface area (Å²) in [6.45, 7) is -0.229. The lowest BCUT2D eigenvalue weighted by molar-refractivity contribution is -0.150. The maximum atomic E-state index is 12.9. The van der Waals surface area contributed by atoms with Crippen LogP contribution in [0.15, 0.2) is 29.2 Å². The van der Waals surface area contributed by atoms with E-state index in [0.717, 1.165) is 30.4 Å². The molecule has 0 spiro atoms. The summed E-state index contributed by atoms with van der Waals surface area (Å²) in [7, 11) is 0. The van der Waals surface area contributed by atoms with E-state index in [1.807, 2.05) is 0 Å². The first-order valence-electron chi connectivity index (χ1n) is 8.64. The summed E-state index contributed by atoms with van der Waals surface area (Å²) in [4.78, 5) is 38.4. The fourth-order valence-electron chi connectivity index (χ4n) is 4.32. The van der Waals surface area contributed by atoms with Gasteiger partial charge in [0, 0.05) is 12.2 Å². The monoisotopic (exact) mass is 344 g/mol. The Bertz CT molecular complexity index is 886. The molecule has 1 amide bonds. The number of hydrogen-bond acceptors (Lipinski definition) is 4. The quantitative estimate of drug-likeness (QED) is 0.886. The Hall–Kier alpha value is -2.64. The first kappa shape index (κ1) is 15.9. The molecule has 2 aromatic rings. The highest BCUT2D eigenvalue weighted by atomic mass is 16.4. The molecular formula is C17H20N4O4. The molecule has 3 atom stereocenters. The number of aliphatic carboxylic acids is 1. The van der Waals surface area contributed by atoms with Gasteiger partial charge in [-0.25, -0.2) is 14.3 Å². The topological polar surface area (TPSA) is 96.9 Å². The van der Waals surface area contributed by atoms with E-state index in [1.54, 1.807) is 24.4 Å². The van der Waals surface area contributed by atoms with Gasteiger partial charge < -0.3 is 10.0 Å². The molecule has 1 N–H and O–H groups in total. The lowest BCUT2D eigenvalue weighted by Gasteiger charge is -2.32. The van der Waals surface area contributed by atoms with Crippen molar-refractivity contribution in [2.75, 3.05) is 0 Å². The number of likely N-dealkylation sites (tertiary alicyclic amines) is 1. The molecule has 1 aliphatic carbocycles. The number of hydrogen-bond donors (Lipinski definition) is 1. The third kappa shape index (κ3) is 2.61. The Morgan fingerprint density at radius 3 is 2.80 bits per heavy atom. The highest BCUT2D eigenvalue weighted by Crippen LogP contribution is 2.39. The number of pyridine rings is 1. The van der Waals surface area contributed by atoms with E-state index in [0.29, 0.717) is 12.1 Å². The van der Waals surface area contributed by atoms with Crippen LogP contribution in [0.25, 0.3) is 5.65 Å². The summed E-state index contributed by atoms with van der Waals surface area (Å²) in [6, 6.07) is 4.34. The Morgan fingerprint density at radius 2 is 2.04 bits per heavy atom. The lowest BCUT2D eigenvalue weighted by Crippen LogP contribution is -2.48. The molecule has 0 radical (unpaired) electrons. The van der Waals surface area contributed by atoms with Gasteiger partial charge in [-0.3, -0.25) is 9.20 Å². The second-order valence-corrected chi connectivity index (χ2v) is 6.87. The van der Waals surface area contributed by atoms with E-state index in [9.17, 15) is 19.5 Å². The van der Waals surface area contributed by atoms with Crippen molar-refractivity contribution in [1.29, 1.82) is 0 Å². The molecule has 3 unspecified atom stereocenters. The zero-order chi connectivity index (χ0) is 17.6. The summed E-state index contributed by atoms with van der Waals surface area (Å²) in [5.41, 5.74) is 0.0715. The van der Waals surface area contributed by atoms with E-state index < -0.39 is 17.7 Å². The van der Waals surface area contributed by atoms with Crippen LogP contribution in [-0.2, 0) is 16.1 Å². The molecule has 8 heteroatoms. The van der Waals surface area contributed by atoms with Crippen LogP contribution in [0, 0.1) is 5.92 Å². The van der Waals surface area contributed by atoms with Gasteiger partial charge in [-0.05, 0) is 37.3 Å². The van der Waals surface area contributed by atoms with E-state index in [1.165, 1.54) is 9.30 Å². The molecule has 0 aromatic carbocycles. The van der Waals surface area contributed by atoms with E-state index in [2.05, 4.69) is 5.10 Å². The van der Waals surface area contributed by atoms with Crippen LogP contribution >= 0.6 is 0 Å². The number of carboxylic acid groups (broad SMARTS) is 1. The number of carbonyl (C=O) groups is 2. The van der Waals surface area contributed by atoms with Crippen LogP contribution in [0.4, 0.5) is 0 Å². The Kier molecular flexibility index (Phi) is 3.82. The van der Waals surface area contributed by atoms with E-state index in [4.69, 9.17) is 0 Å². The van der Waals surface area contributed by atoms with Crippen molar-refractivity contribution < 1.29 is 14.7 Å². The molecule has 8 nitrogen and oxygen atoms in total. The SMILES string of the molecule is O=C(O)C1CC2CCCCC2N1C(=O)Cn1nc2ccccn2c1=O. The molecule has 1 aliphatic heterocycles. The number of fused-ring (bicyclic) bond motifs is 2. The van der Waals surface area contributed by atoms with Gasteiger partial charge in [0.2, 0.25) is 5.91 Å². The van der Waals surface area contributed by atoms with Crippen LogP contribution in [0.3, 0.4) is 0 Å². The molecular weight excluding hydrogens is 324 g/mol. The van der Waals surface area contributed by atoms with Gasteiger partial charge in [0.15, 0.2) is 5.65 Å². The largest absolute Gasteiger partial charge is 0.480 e. The maximum Gasteiger partial charge on any atom is 0.350 e. The summed E-state index contributed by atoms with van der Waals surface area (Å²) in [6.07, 6.45) is 5.99.